The van der Waals surface area contributed by atoms with Gasteiger partial charge >= 0.3 is 0 Å². The van der Waals surface area contributed by atoms with E-state index in [0.717, 1.165) is 37.8 Å². The van der Waals surface area contributed by atoms with Crippen LogP contribution in [0.25, 0.3) is 0 Å². The Kier molecular flexibility index (Phi) is 2.78. The van der Waals surface area contributed by atoms with E-state index in [-0.39, 0.29) is 11.3 Å². The Bertz CT molecular complexity index is 420. The summed E-state index contributed by atoms with van der Waals surface area (Å²) in [6.45, 7) is 1.87. The summed E-state index contributed by atoms with van der Waals surface area (Å²) in [5.74, 6) is -1.59. The lowest BCUT2D eigenvalue weighted by atomic mass is 9.81. The molecule has 0 amide bonds. The Morgan fingerprint density at radius 3 is 2.44 bits per heavy atom. The third kappa shape index (κ3) is 1.86. The number of hydrogen-bond donors (Lipinski definition) is 0. The predicted octanol–water partition coefficient (Wildman–Crippen LogP) is 3.73. The van der Waals surface area contributed by atoms with Crippen LogP contribution in [0.1, 0.15) is 43.0 Å². The van der Waals surface area contributed by atoms with Gasteiger partial charge in [-0.05, 0) is 25.0 Å². The van der Waals surface area contributed by atoms with Crippen molar-refractivity contribution in [1.82, 2.24) is 0 Å². The van der Waals surface area contributed by atoms with Crippen molar-refractivity contribution in [2.45, 2.75) is 32.6 Å². The van der Waals surface area contributed by atoms with Crippen LogP contribution in [0, 0.1) is 17.0 Å². The van der Waals surface area contributed by atoms with Crippen molar-refractivity contribution in [3.8, 4) is 0 Å². The second kappa shape index (κ2) is 3.96. The molecule has 1 aliphatic carbocycles. The third-order valence-corrected chi connectivity index (χ3v) is 3.43. The Morgan fingerprint density at radius 1 is 1.25 bits per heavy atom. The summed E-state index contributed by atoms with van der Waals surface area (Å²) >= 11 is 0. The zero-order valence-corrected chi connectivity index (χ0v) is 9.22. The predicted molar refractivity (Wildman–Crippen MR) is 57.3 cm³/mol. The second-order valence-corrected chi connectivity index (χ2v) is 4.72. The van der Waals surface area contributed by atoms with Gasteiger partial charge in [0.1, 0.15) is 11.6 Å². The van der Waals surface area contributed by atoms with Crippen molar-refractivity contribution in [3.63, 3.8) is 0 Å². The first-order valence-electron chi connectivity index (χ1n) is 5.53. The molecule has 1 aromatic carbocycles. The van der Waals surface area contributed by atoms with Gasteiger partial charge in [-0.1, -0.05) is 19.8 Å². The first-order chi connectivity index (χ1) is 7.53. The zero-order valence-electron chi connectivity index (χ0n) is 9.22. The first kappa shape index (κ1) is 11.2. The van der Waals surface area contributed by atoms with Gasteiger partial charge in [0.2, 0.25) is 0 Å². The van der Waals surface area contributed by atoms with Crippen molar-refractivity contribution in [2.75, 3.05) is 0 Å². The summed E-state index contributed by atoms with van der Waals surface area (Å²) in [7, 11) is 0. The molecule has 0 aromatic heterocycles. The molecule has 0 bridgehead atoms. The van der Waals surface area contributed by atoms with Gasteiger partial charge in [-0.25, -0.2) is 8.78 Å². The van der Waals surface area contributed by atoms with Crippen LogP contribution in [0.5, 0.6) is 0 Å². The van der Waals surface area contributed by atoms with Crippen LogP contribution in [0.4, 0.5) is 8.78 Å². The maximum atomic E-state index is 13.5. The van der Waals surface area contributed by atoms with Crippen LogP contribution in [-0.2, 0) is 0 Å². The quantitative estimate of drug-likeness (QED) is 0.699. The Morgan fingerprint density at radius 2 is 1.88 bits per heavy atom. The fraction of sp³-hybridized carbons (Fsp3) is 0.462. The van der Waals surface area contributed by atoms with Gasteiger partial charge < -0.3 is 0 Å². The molecule has 3 heteroatoms. The Labute approximate surface area is 93.5 Å². The lowest BCUT2D eigenvalue weighted by Gasteiger charge is -2.21. The molecule has 1 aromatic rings. The van der Waals surface area contributed by atoms with E-state index in [1.807, 2.05) is 6.92 Å². The van der Waals surface area contributed by atoms with Gasteiger partial charge in [-0.2, -0.15) is 0 Å². The number of Topliss-reactive ketones (excluding diaryl/α,β-unsaturated/α-hetero) is 1. The normalized spacial score (nSPS) is 18.7. The minimum absolute atomic E-state index is 0.0193. The average molecular weight is 224 g/mol. The molecule has 0 heterocycles. The molecule has 86 valence electrons. The zero-order chi connectivity index (χ0) is 11.8. The van der Waals surface area contributed by atoms with Crippen LogP contribution in [0.3, 0.4) is 0 Å². The molecule has 16 heavy (non-hydrogen) atoms. The van der Waals surface area contributed by atoms with E-state index in [1.165, 1.54) is 6.07 Å². The fourth-order valence-corrected chi connectivity index (χ4v) is 2.38. The number of rotatable bonds is 2. The summed E-state index contributed by atoms with van der Waals surface area (Å²) in [6.07, 6.45) is 3.60. The van der Waals surface area contributed by atoms with E-state index in [0.29, 0.717) is 0 Å². The van der Waals surface area contributed by atoms with Gasteiger partial charge in [0.25, 0.3) is 0 Å². The van der Waals surface area contributed by atoms with E-state index < -0.39 is 17.0 Å². The Balaban J connectivity index is 2.33. The highest BCUT2D eigenvalue weighted by Crippen LogP contribution is 2.40. The van der Waals surface area contributed by atoms with Crippen LogP contribution in [0.15, 0.2) is 18.2 Å². The first-order valence-corrected chi connectivity index (χ1v) is 5.53. The summed E-state index contributed by atoms with van der Waals surface area (Å²) in [5, 5.41) is 0. The number of hydrogen-bond acceptors (Lipinski definition) is 1. The van der Waals surface area contributed by atoms with Gasteiger partial charge in [0.15, 0.2) is 5.78 Å². The standard InChI is InChI=1S/C13H14F2O/c1-13(6-2-3-7-13)12(16)10-5-4-9(14)8-11(10)15/h4-5,8H,2-3,6-7H2,1H3. The van der Waals surface area contributed by atoms with Crippen LogP contribution < -0.4 is 0 Å². The van der Waals surface area contributed by atoms with Gasteiger partial charge in [-0.15, -0.1) is 0 Å². The maximum Gasteiger partial charge on any atom is 0.171 e. The van der Waals surface area contributed by atoms with E-state index in [1.54, 1.807) is 0 Å². The topological polar surface area (TPSA) is 17.1 Å². The monoisotopic (exact) mass is 224 g/mol. The highest BCUT2D eigenvalue weighted by Gasteiger charge is 2.37. The van der Waals surface area contributed by atoms with Crippen LogP contribution in [0.2, 0.25) is 0 Å². The molecular weight excluding hydrogens is 210 g/mol. The number of ketones is 1. The van der Waals surface area contributed by atoms with Crippen LogP contribution >= 0.6 is 0 Å². The molecule has 1 nitrogen and oxygen atoms in total. The van der Waals surface area contributed by atoms with Crippen molar-refractivity contribution in [2.24, 2.45) is 5.41 Å². The molecule has 0 spiro atoms. The average Bonchev–Trinajstić information content (AvgIpc) is 2.66. The second-order valence-electron chi connectivity index (χ2n) is 4.72. The molecular formula is C13H14F2O. The molecule has 0 saturated heterocycles. The minimum atomic E-state index is -0.752. The summed E-state index contributed by atoms with van der Waals surface area (Å²) < 4.78 is 26.2. The number of halogens is 2. The molecule has 1 fully saturated rings. The minimum Gasteiger partial charge on any atom is -0.293 e. The van der Waals surface area contributed by atoms with Crippen molar-refractivity contribution < 1.29 is 13.6 Å². The highest BCUT2D eigenvalue weighted by molar-refractivity contribution is 6.00. The van der Waals surface area contributed by atoms with Gasteiger partial charge in [0, 0.05) is 11.5 Å². The van der Waals surface area contributed by atoms with Crippen molar-refractivity contribution in [3.05, 3.63) is 35.4 Å². The molecule has 0 N–H and O–H groups in total. The van der Waals surface area contributed by atoms with E-state index in [9.17, 15) is 13.6 Å². The molecule has 0 unspecified atom stereocenters. The lowest BCUT2D eigenvalue weighted by Crippen LogP contribution is -2.25. The summed E-state index contributed by atoms with van der Waals surface area (Å²) in [5.41, 5.74) is -0.440. The van der Waals surface area contributed by atoms with Crippen molar-refractivity contribution >= 4 is 5.78 Å². The van der Waals surface area contributed by atoms with Gasteiger partial charge in [-0.3, -0.25) is 4.79 Å². The van der Waals surface area contributed by atoms with E-state index in [4.69, 9.17) is 0 Å². The molecule has 1 saturated carbocycles. The molecule has 0 aliphatic heterocycles. The smallest absolute Gasteiger partial charge is 0.171 e. The summed E-state index contributed by atoms with van der Waals surface area (Å²) in [6, 6.07) is 3.15. The number of benzene rings is 1. The highest BCUT2D eigenvalue weighted by atomic mass is 19.1. The maximum absolute atomic E-state index is 13.5. The Hall–Kier alpha value is -1.25. The number of carbonyl (C=O) groups is 1. The van der Waals surface area contributed by atoms with E-state index in [2.05, 4.69) is 0 Å². The SMILES string of the molecule is CC1(C(=O)c2ccc(F)cc2F)CCCC1. The lowest BCUT2D eigenvalue weighted by molar-refractivity contribution is 0.0819. The van der Waals surface area contributed by atoms with E-state index >= 15 is 0 Å². The molecule has 0 radical (unpaired) electrons. The molecule has 1 aliphatic rings. The third-order valence-electron chi connectivity index (χ3n) is 3.43. The van der Waals surface area contributed by atoms with Crippen molar-refractivity contribution in [1.29, 1.82) is 0 Å². The molecule has 0 atom stereocenters. The number of carbonyl (C=O) groups excluding carboxylic acids is 1. The fourth-order valence-electron chi connectivity index (χ4n) is 2.38. The largest absolute Gasteiger partial charge is 0.293 e. The summed E-state index contributed by atoms with van der Waals surface area (Å²) in [4.78, 5) is 12.1. The van der Waals surface area contributed by atoms with Crippen LogP contribution in [-0.4, -0.2) is 5.78 Å². The molecule has 2 rings (SSSR count). The van der Waals surface area contributed by atoms with Gasteiger partial charge in [0.05, 0.1) is 5.56 Å².